The molecule has 1 saturated heterocycles. The van der Waals surface area contributed by atoms with Crippen molar-refractivity contribution >= 4 is 11.3 Å². The maximum atomic E-state index is 6.02. The standard InChI is InChI=1S/C12H20N2OS/c1-10-11(16-9-14-10)4-7-15-12(2)5-3-6-13-8-12/h9,13H,3-8H2,1-2H3. The lowest BCUT2D eigenvalue weighted by Gasteiger charge is -2.34. The van der Waals surface area contributed by atoms with Crippen molar-refractivity contribution in [3.05, 3.63) is 16.1 Å². The van der Waals surface area contributed by atoms with E-state index < -0.39 is 0 Å². The molecule has 1 fully saturated rings. The Labute approximate surface area is 101 Å². The fraction of sp³-hybridized carbons (Fsp3) is 0.750. The van der Waals surface area contributed by atoms with Crippen molar-refractivity contribution in [1.29, 1.82) is 0 Å². The normalized spacial score (nSPS) is 25.9. The second-order valence-electron chi connectivity index (χ2n) is 4.69. The Balaban J connectivity index is 1.77. The van der Waals surface area contributed by atoms with Crippen molar-refractivity contribution < 1.29 is 4.74 Å². The van der Waals surface area contributed by atoms with Gasteiger partial charge < -0.3 is 10.1 Å². The zero-order chi connectivity index (χ0) is 11.4. The topological polar surface area (TPSA) is 34.1 Å². The average Bonchev–Trinajstić information content (AvgIpc) is 2.65. The molecule has 0 saturated carbocycles. The van der Waals surface area contributed by atoms with Crippen LogP contribution in [0.1, 0.15) is 30.3 Å². The van der Waals surface area contributed by atoms with Crippen molar-refractivity contribution in [1.82, 2.24) is 10.3 Å². The van der Waals surface area contributed by atoms with Gasteiger partial charge in [-0.05, 0) is 33.2 Å². The third-order valence-corrected chi connectivity index (χ3v) is 4.18. The van der Waals surface area contributed by atoms with Gasteiger partial charge in [0.05, 0.1) is 23.4 Å². The van der Waals surface area contributed by atoms with Gasteiger partial charge in [-0.1, -0.05) is 0 Å². The number of thiazole rings is 1. The molecular formula is C12H20N2OS. The Morgan fingerprint density at radius 2 is 2.50 bits per heavy atom. The highest BCUT2D eigenvalue weighted by atomic mass is 32.1. The lowest BCUT2D eigenvalue weighted by molar-refractivity contribution is -0.0449. The van der Waals surface area contributed by atoms with Gasteiger partial charge in [-0.2, -0.15) is 0 Å². The molecule has 1 unspecified atom stereocenters. The molecule has 0 aromatic carbocycles. The molecule has 4 heteroatoms. The van der Waals surface area contributed by atoms with Gasteiger partial charge in [-0.25, -0.2) is 4.98 Å². The molecule has 1 aromatic rings. The van der Waals surface area contributed by atoms with E-state index >= 15 is 0 Å². The summed E-state index contributed by atoms with van der Waals surface area (Å²) in [6.45, 7) is 7.19. The molecule has 0 bridgehead atoms. The highest BCUT2D eigenvalue weighted by molar-refractivity contribution is 7.09. The fourth-order valence-corrected chi connectivity index (χ4v) is 2.87. The summed E-state index contributed by atoms with van der Waals surface area (Å²) in [6, 6.07) is 0. The van der Waals surface area contributed by atoms with Gasteiger partial charge in [0.15, 0.2) is 0 Å². The summed E-state index contributed by atoms with van der Waals surface area (Å²) < 4.78 is 6.02. The minimum absolute atomic E-state index is 0.0385. The number of nitrogens with one attached hydrogen (secondary N) is 1. The number of aromatic nitrogens is 1. The maximum Gasteiger partial charge on any atom is 0.0797 e. The van der Waals surface area contributed by atoms with Crippen LogP contribution in [0.3, 0.4) is 0 Å². The molecule has 2 heterocycles. The molecule has 1 N–H and O–H groups in total. The molecular weight excluding hydrogens is 220 g/mol. The van der Waals surface area contributed by atoms with E-state index in [4.69, 9.17) is 4.74 Å². The van der Waals surface area contributed by atoms with Crippen LogP contribution in [0.5, 0.6) is 0 Å². The molecule has 1 atom stereocenters. The second kappa shape index (κ2) is 5.25. The van der Waals surface area contributed by atoms with E-state index in [-0.39, 0.29) is 5.60 Å². The van der Waals surface area contributed by atoms with E-state index in [1.54, 1.807) is 11.3 Å². The van der Waals surface area contributed by atoms with Crippen LogP contribution in [0.25, 0.3) is 0 Å². The molecule has 0 radical (unpaired) electrons. The molecule has 16 heavy (non-hydrogen) atoms. The molecule has 1 aliphatic rings. The third kappa shape index (κ3) is 3.03. The van der Waals surface area contributed by atoms with Crippen LogP contribution in [0.15, 0.2) is 5.51 Å². The van der Waals surface area contributed by atoms with Crippen LogP contribution in [-0.4, -0.2) is 30.3 Å². The lowest BCUT2D eigenvalue weighted by Crippen LogP contribution is -2.45. The van der Waals surface area contributed by atoms with Crippen LogP contribution < -0.4 is 5.32 Å². The Morgan fingerprint density at radius 3 is 3.12 bits per heavy atom. The van der Waals surface area contributed by atoms with Crippen molar-refractivity contribution in [2.45, 2.75) is 38.7 Å². The minimum Gasteiger partial charge on any atom is -0.374 e. The van der Waals surface area contributed by atoms with Crippen molar-refractivity contribution in [3.63, 3.8) is 0 Å². The summed E-state index contributed by atoms with van der Waals surface area (Å²) in [5.74, 6) is 0. The molecule has 1 aliphatic heterocycles. The number of aryl methyl sites for hydroxylation is 1. The van der Waals surface area contributed by atoms with Gasteiger partial charge in [0, 0.05) is 17.8 Å². The van der Waals surface area contributed by atoms with Gasteiger partial charge in [0.25, 0.3) is 0 Å². The zero-order valence-electron chi connectivity index (χ0n) is 10.1. The second-order valence-corrected chi connectivity index (χ2v) is 5.63. The van der Waals surface area contributed by atoms with Gasteiger partial charge >= 0.3 is 0 Å². The highest BCUT2D eigenvalue weighted by Crippen LogP contribution is 2.21. The molecule has 3 nitrogen and oxygen atoms in total. The van der Waals surface area contributed by atoms with Crippen LogP contribution in [-0.2, 0) is 11.2 Å². The number of hydrogen-bond acceptors (Lipinski definition) is 4. The summed E-state index contributed by atoms with van der Waals surface area (Å²) in [4.78, 5) is 5.60. The van der Waals surface area contributed by atoms with E-state index in [2.05, 4.69) is 24.1 Å². The minimum atomic E-state index is 0.0385. The van der Waals surface area contributed by atoms with Crippen LogP contribution in [0.4, 0.5) is 0 Å². The Kier molecular flexibility index (Phi) is 3.95. The lowest BCUT2D eigenvalue weighted by atomic mass is 9.96. The van der Waals surface area contributed by atoms with E-state index in [1.807, 2.05) is 5.51 Å². The Bertz CT molecular complexity index is 332. The van der Waals surface area contributed by atoms with Gasteiger partial charge in [0.1, 0.15) is 0 Å². The van der Waals surface area contributed by atoms with Gasteiger partial charge in [0.2, 0.25) is 0 Å². The highest BCUT2D eigenvalue weighted by Gasteiger charge is 2.27. The van der Waals surface area contributed by atoms with E-state index in [0.717, 1.165) is 31.8 Å². The quantitative estimate of drug-likeness (QED) is 0.875. The van der Waals surface area contributed by atoms with Crippen LogP contribution in [0, 0.1) is 6.92 Å². The number of piperidine rings is 1. The van der Waals surface area contributed by atoms with Gasteiger partial charge in [-0.15, -0.1) is 11.3 Å². The average molecular weight is 240 g/mol. The molecule has 90 valence electrons. The summed E-state index contributed by atoms with van der Waals surface area (Å²) in [6.07, 6.45) is 3.38. The predicted octanol–water partition coefficient (Wildman–Crippen LogP) is 2.15. The molecule has 0 amide bonds. The van der Waals surface area contributed by atoms with Crippen molar-refractivity contribution in [2.75, 3.05) is 19.7 Å². The number of nitrogens with zero attached hydrogens (tertiary/aromatic N) is 1. The summed E-state index contributed by atoms with van der Waals surface area (Å²) >= 11 is 1.73. The van der Waals surface area contributed by atoms with Gasteiger partial charge in [-0.3, -0.25) is 0 Å². The summed E-state index contributed by atoms with van der Waals surface area (Å²) in [5.41, 5.74) is 3.10. The van der Waals surface area contributed by atoms with Crippen LogP contribution >= 0.6 is 11.3 Å². The first kappa shape index (κ1) is 12.0. The van der Waals surface area contributed by atoms with Crippen molar-refractivity contribution in [2.24, 2.45) is 0 Å². The molecule has 1 aromatic heterocycles. The fourth-order valence-electron chi connectivity index (χ4n) is 2.11. The number of ether oxygens (including phenoxy) is 1. The number of rotatable bonds is 4. The summed E-state index contributed by atoms with van der Waals surface area (Å²) in [5, 5.41) is 3.40. The molecule has 0 spiro atoms. The largest absolute Gasteiger partial charge is 0.374 e. The first-order valence-corrected chi connectivity index (χ1v) is 6.81. The third-order valence-electron chi connectivity index (χ3n) is 3.18. The Hall–Kier alpha value is -0.450. The Morgan fingerprint density at radius 1 is 1.62 bits per heavy atom. The number of hydrogen-bond donors (Lipinski definition) is 1. The predicted molar refractivity (Wildman–Crippen MR) is 67.0 cm³/mol. The van der Waals surface area contributed by atoms with E-state index in [0.29, 0.717) is 0 Å². The van der Waals surface area contributed by atoms with E-state index in [1.165, 1.54) is 17.7 Å². The summed E-state index contributed by atoms with van der Waals surface area (Å²) in [7, 11) is 0. The first-order valence-electron chi connectivity index (χ1n) is 5.93. The monoisotopic (exact) mass is 240 g/mol. The molecule has 2 rings (SSSR count). The van der Waals surface area contributed by atoms with Crippen LogP contribution in [0.2, 0.25) is 0 Å². The zero-order valence-corrected chi connectivity index (χ0v) is 10.9. The SMILES string of the molecule is Cc1ncsc1CCOC1(C)CCCNC1. The van der Waals surface area contributed by atoms with E-state index in [9.17, 15) is 0 Å². The molecule has 0 aliphatic carbocycles. The van der Waals surface area contributed by atoms with Crippen molar-refractivity contribution in [3.8, 4) is 0 Å². The smallest absolute Gasteiger partial charge is 0.0797 e. The first-order chi connectivity index (χ1) is 7.70. The maximum absolute atomic E-state index is 6.02.